The lowest BCUT2D eigenvalue weighted by atomic mass is 10.1. The van der Waals surface area contributed by atoms with Crippen molar-refractivity contribution in [3.05, 3.63) is 24.3 Å². The summed E-state index contributed by atoms with van der Waals surface area (Å²) in [6.45, 7) is 0.194. The van der Waals surface area contributed by atoms with E-state index in [0.717, 1.165) is 5.52 Å². The number of para-hydroxylation sites is 2. The van der Waals surface area contributed by atoms with E-state index in [1.54, 1.807) is 0 Å². The Kier molecular flexibility index (Phi) is 3.64. The molecule has 2 N–H and O–H groups in total. The van der Waals surface area contributed by atoms with E-state index >= 15 is 0 Å². The first-order valence-electron chi connectivity index (χ1n) is 8.02. The van der Waals surface area contributed by atoms with Gasteiger partial charge in [0.1, 0.15) is 5.52 Å². The number of amides is 1. The van der Waals surface area contributed by atoms with Gasteiger partial charge in [0.15, 0.2) is 5.58 Å². The summed E-state index contributed by atoms with van der Waals surface area (Å²) in [5, 5.41) is 6.26. The van der Waals surface area contributed by atoms with Crippen molar-refractivity contribution < 1.29 is 18.0 Å². The number of likely N-dealkylation sites (tertiary alicyclic amines) is 1. The number of oxazole rings is 1. The largest absolute Gasteiger partial charge is 0.424 e. The van der Waals surface area contributed by atoms with Crippen molar-refractivity contribution >= 4 is 23.0 Å². The Balaban J connectivity index is 1.37. The molecule has 24 heavy (non-hydrogen) atoms. The molecule has 1 aromatic heterocycles. The highest BCUT2D eigenvalue weighted by atomic mass is 19.3. The fourth-order valence-electron chi connectivity index (χ4n) is 3.29. The van der Waals surface area contributed by atoms with E-state index in [4.69, 9.17) is 4.42 Å². The molecule has 2 saturated heterocycles. The van der Waals surface area contributed by atoms with Gasteiger partial charge in [-0.25, -0.2) is 8.78 Å². The Hall–Kier alpha value is -2.22. The van der Waals surface area contributed by atoms with E-state index < -0.39 is 18.5 Å². The first kappa shape index (κ1) is 15.3. The lowest BCUT2D eigenvalue weighted by molar-refractivity contribution is -0.133. The number of nitrogens with one attached hydrogen (secondary N) is 2. The molecule has 0 spiro atoms. The highest BCUT2D eigenvalue weighted by Crippen LogP contribution is 2.28. The minimum absolute atomic E-state index is 0.0323. The summed E-state index contributed by atoms with van der Waals surface area (Å²) in [6, 6.07) is 7.37. The van der Waals surface area contributed by atoms with Crippen LogP contribution in [0.15, 0.2) is 28.7 Å². The van der Waals surface area contributed by atoms with Crippen molar-refractivity contribution in [2.45, 2.75) is 30.8 Å². The summed E-state index contributed by atoms with van der Waals surface area (Å²) in [6.07, 6.45) is 0.260. The van der Waals surface area contributed by atoms with Crippen molar-refractivity contribution in [2.24, 2.45) is 0 Å². The normalized spacial score (nSPS) is 26.2. The molecule has 0 radical (unpaired) electrons. The number of carbonyl (C=O) groups is 1. The van der Waals surface area contributed by atoms with Gasteiger partial charge in [-0.3, -0.25) is 4.79 Å². The van der Waals surface area contributed by atoms with Crippen molar-refractivity contribution in [1.29, 1.82) is 0 Å². The second-order valence-electron chi connectivity index (χ2n) is 6.39. The maximum atomic E-state index is 13.3. The van der Waals surface area contributed by atoms with Gasteiger partial charge in [-0.2, -0.15) is 4.98 Å². The Bertz CT molecular complexity index is 730. The third-order valence-corrected chi connectivity index (χ3v) is 4.53. The van der Waals surface area contributed by atoms with Gasteiger partial charge in [-0.1, -0.05) is 12.1 Å². The molecule has 6 nitrogen and oxygen atoms in total. The molecule has 3 heterocycles. The number of nitrogens with zero attached hydrogens (tertiary/aromatic N) is 2. The number of rotatable bonds is 3. The number of hydrogen-bond donors (Lipinski definition) is 2. The summed E-state index contributed by atoms with van der Waals surface area (Å²) in [7, 11) is 0. The number of fused-ring (bicyclic) bond motifs is 1. The molecule has 2 atom stereocenters. The van der Waals surface area contributed by atoms with Gasteiger partial charge in [0.2, 0.25) is 5.91 Å². The van der Waals surface area contributed by atoms with Crippen molar-refractivity contribution in [3.63, 3.8) is 0 Å². The van der Waals surface area contributed by atoms with E-state index in [1.807, 2.05) is 24.3 Å². The summed E-state index contributed by atoms with van der Waals surface area (Å²) in [4.78, 5) is 17.9. The Labute approximate surface area is 137 Å². The van der Waals surface area contributed by atoms with Crippen LogP contribution in [-0.4, -0.2) is 53.4 Å². The number of aromatic nitrogens is 1. The zero-order valence-electron chi connectivity index (χ0n) is 13.0. The molecule has 4 rings (SSSR count). The Morgan fingerprint density at radius 2 is 2.25 bits per heavy atom. The second-order valence-corrected chi connectivity index (χ2v) is 6.39. The van der Waals surface area contributed by atoms with E-state index in [1.165, 1.54) is 4.90 Å². The van der Waals surface area contributed by atoms with Crippen molar-refractivity contribution in [2.75, 3.05) is 25.0 Å². The molecule has 2 aliphatic rings. The van der Waals surface area contributed by atoms with Crippen LogP contribution in [0.25, 0.3) is 11.1 Å². The van der Waals surface area contributed by atoms with Crippen LogP contribution in [0.3, 0.4) is 0 Å². The SMILES string of the molecule is O=C([C@@H]1C[C@H](Nc2nc3ccccc3o2)CN1)N1CCC(F)(F)C1. The predicted molar refractivity (Wildman–Crippen MR) is 84.0 cm³/mol. The third-order valence-electron chi connectivity index (χ3n) is 4.53. The van der Waals surface area contributed by atoms with Crippen LogP contribution in [0.2, 0.25) is 0 Å². The molecule has 2 aromatic rings. The summed E-state index contributed by atoms with van der Waals surface area (Å²) in [5.74, 6) is -3.02. The third kappa shape index (κ3) is 2.93. The van der Waals surface area contributed by atoms with Crippen LogP contribution in [0.1, 0.15) is 12.8 Å². The quantitative estimate of drug-likeness (QED) is 0.895. The van der Waals surface area contributed by atoms with Gasteiger partial charge >= 0.3 is 0 Å². The molecule has 1 aromatic carbocycles. The van der Waals surface area contributed by atoms with E-state index in [0.29, 0.717) is 24.6 Å². The molecule has 0 saturated carbocycles. The van der Waals surface area contributed by atoms with Gasteiger partial charge in [0.05, 0.1) is 12.6 Å². The van der Waals surface area contributed by atoms with Gasteiger partial charge in [0.25, 0.3) is 11.9 Å². The molecule has 1 amide bonds. The standard InChI is InChI=1S/C16H18F2N4O2/c17-16(18)5-6-22(9-16)14(23)12-7-10(8-19-12)20-15-21-11-3-1-2-4-13(11)24-15/h1-4,10,12,19H,5-9H2,(H,20,21)/t10-,12-/m0/s1. The van der Waals surface area contributed by atoms with Crippen molar-refractivity contribution in [1.82, 2.24) is 15.2 Å². The average Bonchev–Trinajstić information content (AvgIpc) is 3.24. The predicted octanol–water partition coefficient (Wildman–Crippen LogP) is 1.84. The monoisotopic (exact) mass is 336 g/mol. The van der Waals surface area contributed by atoms with Crippen LogP contribution in [0, 0.1) is 0 Å². The number of alkyl halides is 2. The second kappa shape index (κ2) is 5.70. The van der Waals surface area contributed by atoms with Crippen LogP contribution in [0.5, 0.6) is 0 Å². The molecule has 8 heteroatoms. The molecule has 0 aliphatic carbocycles. The van der Waals surface area contributed by atoms with Crippen LogP contribution >= 0.6 is 0 Å². The molecular formula is C16H18F2N4O2. The summed E-state index contributed by atoms with van der Waals surface area (Å²) in [5.41, 5.74) is 1.45. The maximum absolute atomic E-state index is 13.3. The van der Waals surface area contributed by atoms with Gasteiger partial charge in [-0.05, 0) is 18.6 Å². The minimum atomic E-state index is -2.76. The van der Waals surface area contributed by atoms with Gasteiger partial charge in [-0.15, -0.1) is 0 Å². The molecule has 0 bridgehead atoms. The van der Waals surface area contributed by atoms with Gasteiger partial charge in [0, 0.05) is 25.6 Å². The van der Waals surface area contributed by atoms with E-state index in [2.05, 4.69) is 15.6 Å². The number of anilines is 1. The van der Waals surface area contributed by atoms with Crippen LogP contribution in [-0.2, 0) is 4.79 Å². The molecule has 128 valence electrons. The highest BCUT2D eigenvalue weighted by Gasteiger charge is 2.43. The number of benzene rings is 1. The number of hydrogen-bond acceptors (Lipinski definition) is 5. The Morgan fingerprint density at radius 3 is 3.00 bits per heavy atom. The maximum Gasteiger partial charge on any atom is 0.295 e. The van der Waals surface area contributed by atoms with Crippen LogP contribution in [0.4, 0.5) is 14.8 Å². The zero-order valence-corrected chi connectivity index (χ0v) is 13.0. The molecule has 2 aliphatic heterocycles. The van der Waals surface area contributed by atoms with Gasteiger partial charge < -0.3 is 20.0 Å². The van der Waals surface area contributed by atoms with E-state index in [-0.39, 0.29) is 24.9 Å². The molecule has 2 fully saturated rings. The summed E-state index contributed by atoms with van der Waals surface area (Å²) >= 11 is 0. The topological polar surface area (TPSA) is 70.4 Å². The smallest absolute Gasteiger partial charge is 0.295 e. The molecular weight excluding hydrogens is 318 g/mol. The number of halogens is 2. The lowest BCUT2D eigenvalue weighted by Gasteiger charge is -2.20. The number of carbonyl (C=O) groups excluding carboxylic acids is 1. The first-order chi connectivity index (χ1) is 11.5. The van der Waals surface area contributed by atoms with E-state index in [9.17, 15) is 13.6 Å². The van der Waals surface area contributed by atoms with Crippen molar-refractivity contribution in [3.8, 4) is 0 Å². The average molecular weight is 336 g/mol. The lowest BCUT2D eigenvalue weighted by Crippen LogP contribution is -2.43. The fraction of sp³-hybridized carbons (Fsp3) is 0.500. The fourth-order valence-corrected chi connectivity index (χ4v) is 3.29. The first-order valence-corrected chi connectivity index (χ1v) is 8.02. The summed E-state index contributed by atoms with van der Waals surface area (Å²) < 4.78 is 32.1. The Morgan fingerprint density at radius 1 is 1.42 bits per heavy atom. The zero-order chi connectivity index (χ0) is 16.7. The van der Waals surface area contributed by atoms with Crippen LogP contribution < -0.4 is 10.6 Å². The molecule has 0 unspecified atom stereocenters. The minimum Gasteiger partial charge on any atom is -0.424 e. The highest BCUT2D eigenvalue weighted by molar-refractivity contribution is 5.83.